The summed E-state index contributed by atoms with van der Waals surface area (Å²) in [5, 5.41) is 2.88. The van der Waals surface area contributed by atoms with Crippen molar-refractivity contribution in [3.8, 4) is 0 Å². The number of nitrogens with zero attached hydrogens (tertiary/aromatic N) is 2. The molecule has 0 spiro atoms. The molecule has 122 valence electrons. The number of aromatic nitrogens is 1. The van der Waals surface area contributed by atoms with Crippen molar-refractivity contribution in [1.82, 2.24) is 9.88 Å². The van der Waals surface area contributed by atoms with Crippen LogP contribution in [0.2, 0.25) is 0 Å². The van der Waals surface area contributed by atoms with Crippen molar-refractivity contribution < 1.29 is 9.53 Å². The van der Waals surface area contributed by atoms with Crippen LogP contribution in [-0.4, -0.2) is 41.5 Å². The van der Waals surface area contributed by atoms with E-state index in [4.69, 9.17) is 10.5 Å². The molecular formula is C13H23Cl2N3O2S. The first-order valence-corrected chi connectivity index (χ1v) is 7.57. The molecule has 5 nitrogen and oxygen atoms in total. The predicted octanol–water partition coefficient (Wildman–Crippen LogP) is 2.19. The van der Waals surface area contributed by atoms with Crippen LogP contribution in [0.1, 0.15) is 37.1 Å². The summed E-state index contributed by atoms with van der Waals surface area (Å²) in [7, 11) is 0. The lowest BCUT2D eigenvalue weighted by atomic mass is 10.3. The van der Waals surface area contributed by atoms with Crippen molar-refractivity contribution in [1.29, 1.82) is 0 Å². The van der Waals surface area contributed by atoms with E-state index in [0.29, 0.717) is 19.6 Å². The fraction of sp³-hybridized carbons (Fsp3) is 0.692. The lowest BCUT2D eigenvalue weighted by molar-refractivity contribution is -0.129. The van der Waals surface area contributed by atoms with Gasteiger partial charge in [-0.05, 0) is 20.3 Å². The van der Waals surface area contributed by atoms with Crippen LogP contribution < -0.4 is 5.73 Å². The first-order chi connectivity index (χ1) is 9.10. The number of nitrogens with two attached hydrogens (primary N) is 1. The summed E-state index contributed by atoms with van der Waals surface area (Å²) in [4.78, 5) is 18.4. The zero-order chi connectivity index (χ0) is 13.8. The van der Waals surface area contributed by atoms with E-state index in [1.54, 1.807) is 11.3 Å². The molecule has 2 unspecified atom stereocenters. The van der Waals surface area contributed by atoms with Crippen molar-refractivity contribution in [3.63, 3.8) is 0 Å². The monoisotopic (exact) mass is 355 g/mol. The van der Waals surface area contributed by atoms with E-state index >= 15 is 0 Å². The van der Waals surface area contributed by atoms with Gasteiger partial charge in [-0.1, -0.05) is 0 Å². The average Bonchev–Trinajstić information content (AvgIpc) is 2.98. The molecule has 0 aromatic carbocycles. The van der Waals surface area contributed by atoms with E-state index < -0.39 is 0 Å². The Labute approximate surface area is 142 Å². The molecule has 21 heavy (non-hydrogen) atoms. The summed E-state index contributed by atoms with van der Waals surface area (Å²) in [6.07, 6.45) is 1.26. The van der Waals surface area contributed by atoms with Gasteiger partial charge in [0.1, 0.15) is 11.1 Å². The zero-order valence-corrected chi connectivity index (χ0v) is 14.7. The molecule has 1 saturated heterocycles. The Morgan fingerprint density at radius 3 is 2.90 bits per heavy atom. The van der Waals surface area contributed by atoms with Crippen LogP contribution in [0.15, 0.2) is 5.38 Å². The van der Waals surface area contributed by atoms with Crippen LogP contribution in [0.25, 0.3) is 0 Å². The minimum absolute atomic E-state index is 0. The van der Waals surface area contributed by atoms with Crippen molar-refractivity contribution in [3.05, 3.63) is 16.1 Å². The number of halogens is 2. The van der Waals surface area contributed by atoms with Gasteiger partial charge in [-0.3, -0.25) is 4.79 Å². The van der Waals surface area contributed by atoms with E-state index in [-0.39, 0.29) is 42.9 Å². The smallest absolute Gasteiger partial charge is 0.228 e. The Hall–Kier alpha value is -0.400. The Bertz CT molecular complexity index is 445. The summed E-state index contributed by atoms with van der Waals surface area (Å²) in [5.74, 6) is 0.119. The van der Waals surface area contributed by atoms with Gasteiger partial charge >= 0.3 is 0 Å². The van der Waals surface area contributed by atoms with Crippen molar-refractivity contribution in [2.75, 3.05) is 19.7 Å². The highest BCUT2D eigenvalue weighted by molar-refractivity contribution is 7.09. The van der Waals surface area contributed by atoms with Gasteiger partial charge in [0, 0.05) is 31.1 Å². The third-order valence-electron chi connectivity index (χ3n) is 3.24. The summed E-state index contributed by atoms with van der Waals surface area (Å²) < 4.78 is 5.50. The molecule has 0 radical (unpaired) electrons. The summed E-state index contributed by atoms with van der Waals surface area (Å²) in [6.45, 7) is 6.05. The zero-order valence-electron chi connectivity index (χ0n) is 12.3. The number of ether oxygens (including phenoxy) is 1. The van der Waals surface area contributed by atoms with Crippen LogP contribution in [-0.2, 0) is 16.0 Å². The van der Waals surface area contributed by atoms with Gasteiger partial charge in [0.05, 0.1) is 12.1 Å². The second-order valence-electron chi connectivity index (χ2n) is 4.84. The Morgan fingerprint density at radius 1 is 1.62 bits per heavy atom. The van der Waals surface area contributed by atoms with Crippen LogP contribution in [0.4, 0.5) is 0 Å². The molecule has 0 saturated carbocycles. The molecule has 2 heterocycles. The molecule has 1 aromatic rings. The number of hydrogen-bond donors (Lipinski definition) is 1. The van der Waals surface area contributed by atoms with E-state index in [1.165, 1.54) is 0 Å². The maximum absolute atomic E-state index is 12.1. The summed E-state index contributed by atoms with van der Waals surface area (Å²) in [5.41, 5.74) is 6.64. The number of rotatable bonds is 5. The largest absolute Gasteiger partial charge is 0.372 e. The fourth-order valence-corrected chi connectivity index (χ4v) is 3.01. The van der Waals surface area contributed by atoms with Gasteiger partial charge in [-0.25, -0.2) is 4.98 Å². The first-order valence-electron chi connectivity index (χ1n) is 6.69. The first kappa shape index (κ1) is 20.6. The SMILES string of the molecule is CCOC(C)c1nc(CC(=O)N2CCC(N)C2)cs1.Cl.Cl. The standard InChI is InChI=1S/C13H21N3O2S.2ClH/c1-3-18-9(2)13-15-11(8-19-13)6-12(17)16-5-4-10(14)7-16;;/h8-10H,3-7,14H2,1-2H3;2*1H. The Morgan fingerprint density at radius 2 is 2.33 bits per heavy atom. The summed E-state index contributed by atoms with van der Waals surface area (Å²) >= 11 is 1.55. The number of thiazole rings is 1. The minimum atomic E-state index is -0.000869. The van der Waals surface area contributed by atoms with Crippen LogP contribution in [0, 0.1) is 0 Å². The number of carbonyl (C=O) groups is 1. The third-order valence-corrected chi connectivity index (χ3v) is 4.30. The lowest BCUT2D eigenvalue weighted by Gasteiger charge is -2.14. The Balaban J connectivity index is 0.00000200. The molecule has 0 aliphatic carbocycles. The quantitative estimate of drug-likeness (QED) is 0.878. The number of carbonyl (C=O) groups excluding carboxylic acids is 1. The molecule has 1 amide bonds. The van der Waals surface area contributed by atoms with E-state index in [2.05, 4.69) is 4.98 Å². The second kappa shape index (κ2) is 9.58. The Kier molecular flexibility index (Phi) is 9.40. The van der Waals surface area contributed by atoms with Gasteiger partial charge in [0.2, 0.25) is 5.91 Å². The minimum Gasteiger partial charge on any atom is -0.372 e. The normalized spacial score (nSPS) is 18.8. The van der Waals surface area contributed by atoms with Crippen molar-refractivity contribution >= 4 is 42.1 Å². The highest BCUT2D eigenvalue weighted by Gasteiger charge is 2.24. The predicted molar refractivity (Wildman–Crippen MR) is 89.5 cm³/mol. The van der Waals surface area contributed by atoms with Gasteiger partial charge in [0.15, 0.2) is 0 Å². The highest BCUT2D eigenvalue weighted by atomic mass is 35.5. The van der Waals surface area contributed by atoms with Crippen LogP contribution in [0.5, 0.6) is 0 Å². The van der Waals surface area contributed by atoms with Gasteiger partial charge in [-0.2, -0.15) is 0 Å². The maximum Gasteiger partial charge on any atom is 0.228 e. The number of amides is 1. The topological polar surface area (TPSA) is 68.5 Å². The highest BCUT2D eigenvalue weighted by Crippen LogP contribution is 2.21. The van der Waals surface area contributed by atoms with E-state index in [0.717, 1.165) is 23.7 Å². The van der Waals surface area contributed by atoms with Crippen molar-refractivity contribution in [2.24, 2.45) is 5.73 Å². The molecule has 2 N–H and O–H groups in total. The van der Waals surface area contributed by atoms with Gasteiger partial charge < -0.3 is 15.4 Å². The molecule has 2 atom stereocenters. The molecule has 1 fully saturated rings. The van der Waals surface area contributed by atoms with Crippen LogP contribution >= 0.6 is 36.2 Å². The second-order valence-corrected chi connectivity index (χ2v) is 5.73. The number of likely N-dealkylation sites (tertiary alicyclic amines) is 1. The van der Waals surface area contributed by atoms with Gasteiger partial charge in [-0.15, -0.1) is 36.2 Å². The van der Waals surface area contributed by atoms with Crippen molar-refractivity contribution in [2.45, 2.75) is 38.8 Å². The molecule has 1 aromatic heterocycles. The average molecular weight is 356 g/mol. The third kappa shape index (κ3) is 5.71. The molecule has 0 bridgehead atoms. The van der Waals surface area contributed by atoms with Gasteiger partial charge in [0.25, 0.3) is 0 Å². The lowest BCUT2D eigenvalue weighted by Crippen LogP contribution is -2.33. The molecule has 1 aliphatic rings. The summed E-state index contributed by atoms with van der Waals surface area (Å²) in [6, 6.07) is 0.132. The maximum atomic E-state index is 12.1. The van der Waals surface area contributed by atoms with E-state index in [9.17, 15) is 4.79 Å². The van der Waals surface area contributed by atoms with Crippen LogP contribution in [0.3, 0.4) is 0 Å². The molecule has 2 rings (SSSR count). The molecule has 8 heteroatoms. The number of hydrogen-bond acceptors (Lipinski definition) is 5. The van der Waals surface area contributed by atoms with E-state index in [1.807, 2.05) is 24.1 Å². The molecular weight excluding hydrogens is 333 g/mol. The fourth-order valence-electron chi connectivity index (χ4n) is 2.19. The molecule has 1 aliphatic heterocycles.